The summed E-state index contributed by atoms with van der Waals surface area (Å²) in [6.07, 6.45) is -1.82. The molecule has 0 spiro atoms. The number of rotatable bonds is 6. The second-order valence-electron chi connectivity index (χ2n) is 6.04. The molecule has 0 bridgehead atoms. The van der Waals surface area contributed by atoms with Crippen LogP contribution in [0.4, 0.5) is 0 Å². The molecule has 0 aliphatic carbocycles. The molecule has 20 heavy (non-hydrogen) atoms. The van der Waals surface area contributed by atoms with E-state index >= 15 is 0 Å². The fourth-order valence-electron chi connectivity index (χ4n) is 2.54. The minimum absolute atomic E-state index is 0.00644. The molecule has 5 atom stereocenters. The van der Waals surface area contributed by atoms with Gasteiger partial charge in [-0.15, -0.1) is 0 Å². The van der Waals surface area contributed by atoms with Crippen molar-refractivity contribution in [3.63, 3.8) is 0 Å². The van der Waals surface area contributed by atoms with Gasteiger partial charge >= 0.3 is 124 Å². The summed E-state index contributed by atoms with van der Waals surface area (Å²) in [6, 6.07) is 0. The van der Waals surface area contributed by atoms with Crippen molar-refractivity contribution in [2.45, 2.75) is 67.0 Å². The molecule has 0 radical (unpaired) electrons. The molecule has 0 aromatic heterocycles. The van der Waals surface area contributed by atoms with Gasteiger partial charge in [0.25, 0.3) is 0 Å². The SMILES string of the molecule is C[As](C)C[C@H]1O[C@@H](OC[C@H](O)CO)[C@@H]2OC(C)(C)O[C@@H]21. The Bertz CT molecular complexity index is 324. The third-order valence-corrected chi connectivity index (χ3v) is 5.60. The van der Waals surface area contributed by atoms with E-state index in [1.165, 1.54) is 0 Å². The maximum absolute atomic E-state index is 9.38. The molecule has 2 N–H and O–H groups in total. The fraction of sp³-hybridized carbons (Fsp3) is 1.00. The molecule has 2 rings (SSSR count). The van der Waals surface area contributed by atoms with Crippen LogP contribution in [0.2, 0.25) is 16.6 Å². The molecular weight excluding hydrogens is 327 g/mol. The van der Waals surface area contributed by atoms with Gasteiger partial charge in [-0.25, -0.2) is 0 Å². The van der Waals surface area contributed by atoms with E-state index in [9.17, 15) is 5.11 Å². The average molecular weight is 352 g/mol. The number of aliphatic hydroxyl groups excluding tert-OH is 2. The predicted molar refractivity (Wildman–Crippen MR) is 73.8 cm³/mol. The van der Waals surface area contributed by atoms with Crippen LogP contribution in [0.3, 0.4) is 0 Å². The zero-order chi connectivity index (χ0) is 14.9. The van der Waals surface area contributed by atoms with E-state index in [1.54, 1.807) is 0 Å². The van der Waals surface area contributed by atoms with Crippen LogP contribution < -0.4 is 0 Å². The van der Waals surface area contributed by atoms with Gasteiger partial charge in [-0.3, -0.25) is 0 Å². The number of fused-ring (bicyclic) bond motifs is 1. The van der Waals surface area contributed by atoms with E-state index in [2.05, 4.69) is 11.4 Å². The van der Waals surface area contributed by atoms with Crippen molar-refractivity contribution in [1.82, 2.24) is 0 Å². The molecule has 0 aromatic carbocycles. The monoisotopic (exact) mass is 352 g/mol. The van der Waals surface area contributed by atoms with Gasteiger partial charge in [0.2, 0.25) is 0 Å². The molecule has 2 saturated heterocycles. The Kier molecular flexibility index (Phi) is 5.51. The molecule has 0 saturated carbocycles. The summed E-state index contributed by atoms with van der Waals surface area (Å²) in [5.41, 5.74) is 4.55. The molecule has 0 amide bonds. The number of aliphatic hydroxyl groups is 2. The van der Waals surface area contributed by atoms with E-state index in [4.69, 9.17) is 24.1 Å². The first-order valence-corrected chi connectivity index (χ1v) is 12.0. The second kappa shape index (κ2) is 6.61. The van der Waals surface area contributed by atoms with Gasteiger partial charge in [-0.1, -0.05) is 0 Å². The number of hydrogen-bond donors (Lipinski definition) is 2. The molecule has 2 aliphatic heterocycles. The summed E-state index contributed by atoms with van der Waals surface area (Å²) in [4.78, 5) is 0. The first-order valence-electron chi connectivity index (χ1n) is 6.89. The Morgan fingerprint density at radius 2 is 1.90 bits per heavy atom. The van der Waals surface area contributed by atoms with Crippen LogP contribution >= 0.6 is 0 Å². The van der Waals surface area contributed by atoms with Crippen molar-refractivity contribution >= 4 is 14.7 Å². The number of hydrogen-bond acceptors (Lipinski definition) is 6. The molecule has 0 unspecified atom stereocenters. The molecule has 0 aromatic rings. The van der Waals surface area contributed by atoms with Crippen LogP contribution in [0.15, 0.2) is 0 Å². The molecule has 2 fully saturated rings. The van der Waals surface area contributed by atoms with Gasteiger partial charge in [0.1, 0.15) is 0 Å². The van der Waals surface area contributed by atoms with Crippen LogP contribution in [-0.4, -0.2) is 74.6 Å². The zero-order valence-corrected chi connectivity index (χ0v) is 14.4. The van der Waals surface area contributed by atoms with Crippen molar-refractivity contribution in [2.75, 3.05) is 13.2 Å². The summed E-state index contributed by atoms with van der Waals surface area (Å²) in [5.74, 6) is -0.631. The molecule has 118 valence electrons. The topological polar surface area (TPSA) is 77.4 Å². The average Bonchev–Trinajstić information content (AvgIpc) is 2.81. The first kappa shape index (κ1) is 16.7. The Labute approximate surface area is 124 Å². The van der Waals surface area contributed by atoms with Crippen LogP contribution in [0.5, 0.6) is 0 Å². The van der Waals surface area contributed by atoms with Gasteiger partial charge in [0.15, 0.2) is 0 Å². The summed E-state index contributed by atoms with van der Waals surface area (Å²) >= 11 is -0.861. The van der Waals surface area contributed by atoms with Crippen molar-refractivity contribution < 1.29 is 29.2 Å². The van der Waals surface area contributed by atoms with Gasteiger partial charge < -0.3 is 0 Å². The molecule has 6 nitrogen and oxygen atoms in total. The standard InChI is InChI=1S/C13H25AsO6/c1-13(2)19-10-9(5-14(3)4)18-12(11(10)20-13)17-7-8(16)6-15/h8-12,15-16H,5-7H2,1-4H3/t8-,9-,10-,11-,12-/m1/s1. The summed E-state index contributed by atoms with van der Waals surface area (Å²) < 4.78 is 23.2. The Morgan fingerprint density at radius 3 is 2.50 bits per heavy atom. The summed E-state index contributed by atoms with van der Waals surface area (Å²) in [5, 5.41) is 19.2. The van der Waals surface area contributed by atoms with Crippen molar-refractivity contribution in [1.29, 1.82) is 0 Å². The van der Waals surface area contributed by atoms with Gasteiger partial charge in [-0.2, -0.15) is 0 Å². The van der Waals surface area contributed by atoms with E-state index in [0.717, 1.165) is 5.21 Å². The Morgan fingerprint density at radius 1 is 1.25 bits per heavy atom. The minimum atomic E-state index is -0.897. The van der Waals surface area contributed by atoms with Crippen LogP contribution in [-0.2, 0) is 18.9 Å². The maximum atomic E-state index is 9.38. The van der Waals surface area contributed by atoms with Crippen LogP contribution in [0.25, 0.3) is 0 Å². The number of ether oxygens (including phenoxy) is 4. The third-order valence-electron chi connectivity index (χ3n) is 3.32. The van der Waals surface area contributed by atoms with Crippen molar-refractivity contribution in [3.05, 3.63) is 0 Å². The van der Waals surface area contributed by atoms with E-state index < -0.39 is 32.8 Å². The van der Waals surface area contributed by atoms with Crippen molar-refractivity contribution in [2.24, 2.45) is 0 Å². The molecular formula is C13H25AsO6. The Balaban J connectivity index is 1.99. The van der Waals surface area contributed by atoms with Crippen molar-refractivity contribution in [3.8, 4) is 0 Å². The zero-order valence-electron chi connectivity index (χ0n) is 12.5. The predicted octanol–water partition coefficient (Wildman–Crippen LogP) is 0.356. The van der Waals surface area contributed by atoms with Crippen LogP contribution in [0, 0.1) is 0 Å². The van der Waals surface area contributed by atoms with Gasteiger partial charge in [0, 0.05) is 0 Å². The fourth-order valence-corrected chi connectivity index (χ4v) is 4.67. The third kappa shape index (κ3) is 3.95. The Hall–Kier alpha value is 0.318. The van der Waals surface area contributed by atoms with Gasteiger partial charge in [0.05, 0.1) is 0 Å². The summed E-state index contributed by atoms with van der Waals surface area (Å²) in [6.45, 7) is 3.47. The van der Waals surface area contributed by atoms with Crippen LogP contribution in [0.1, 0.15) is 13.8 Å². The van der Waals surface area contributed by atoms with E-state index in [-0.39, 0.29) is 31.5 Å². The summed E-state index contributed by atoms with van der Waals surface area (Å²) in [7, 11) is 0. The normalized spacial score (nSPS) is 37.4. The van der Waals surface area contributed by atoms with Gasteiger partial charge in [-0.05, 0) is 0 Å². The van der Waals surface area contributed by atoms with E-state index in [0.29, 0.717) is 0 Å². The molecule has 7 heteroatoms. The molecule has 2 aliphatic rings. The quantitative estimate of drug-likeness (QED) is 0.672. The first-order chi connectivity index (χ1) is 9.32. The van der Waals surface area contributed by atoms with E-state index in [1.807, 2.05) is 13.8 Å². The molecule has 2 heterocycles. The second-order valence-corrected chi connectivity index (χ2v) is 11.3.